The van der Waals surface area contributed by atoms with Gasteiger partial charge >= 0.3 is 6.09 Å². The van der Waals surface area contributed by atoms with Crippen molar-refractivity contribution in [2.24, 2.45) is 0 Å². The first-order chi connectivity index (χ1) is 13.1. The third-order valence-electron chi connectivity index (χ3n) is 4.35. The molecule has 0 bridgehead atoms. The fraction of sp³-hybridized carbons (Fsp3) is 0.409. The summed E-state index contributed by atoms with van der Waals surface area (Å²) in [5.74, 6) is 0. The summed E-state index contributed by atoms with van der Waals surface area (Å²) in [4.78, 5) is 24.1. The molecule has 0 unspecified atom stereocenters. The van der Waals surface area contributed by atoms with Crippen LogP contribution in [-0.4, -0.2) is 16.6 Å². The van der Waals surface area contributed by atoms with Gasteiger partial charge in [-0.05, 0) is 51.3 Å². The normalized spacial score (nSPS) is 13.5. The van der Waals surface area contributed by atoms with Crippen molar-refractivity contribution in [1.29, 1.82) is 0 Å². The van der Waals surface area contributed by atoms with E-state index in [0.717, 1.165) is 17.5 Å². The molecule has 2 aromatic carbocycles. The van der Waals surface area contributed by atoms with E-state index in [-0.39, 0.29) is 4.92 Å². The standard InChI is InChI=1S/C22H28N2O4/c1-6-16-8-7-9-18(14-16)20(24(26)27)19(17-12-10-15(2)11-13-17)23-21(25)28-22(3,4)5/h7-14,19-20H,6H2,1-5H3,(H,23,25)/t19-,20+/m1/s1. The summed E-state index contributed by atoms with van der Waals surface area (Å²) < 4.78 is 5.35. The largest absolute Gasteiger partial charge is 0.444 e. The van der Waals surface area contributed by atoms with Crippen LogP contribution in [0, 0.1) is 17.0 Å². The maximum atomic E-state index is 12.4. The number of alkyl carbamates (subject to hydrolysis) is 1. The fourth-order valence-electron chi connectivity index (χ4n) is 2.99. The average Bonchev–Trinajstić information content (AvgIpc) is 2.60. The van der Waals surface area contributed by atoms with Crippen molar-refractivity contribution < 1.29 is 14.5 Å². The van der Waals surface area contributed by atoms with Gasteiger partial charge in [0, 0.05) is 10.5 Å². The first-order valence-corrected chi connectivity index (χ1v) is 9.39. The second-order valence-corrected chi connectivity index (χ2v) is 7.86. The lowest BCUT2D eigenvalue weighted by Gasteiger charge is -2.26. The van der Waals surface area contributed by atoms with Crippen LogP contribution in [0.15, 0.2) is 48.5 Å². The van der Waals surface area contributed by atoms with Gasteiger partial charge in [-0.1, -0.05) is 55.0 Å². The number of nitrogens with zero attached hydrogens (tertiary/aromatic N) is 1. The van der Waals surface area contributed by atoms with Crippen molar-refractivity contribution in [3.05, 3.63) is 80.9 Å². The molecule has 2 aromatic rings. The quantitative estimate of drug-likeness (QED) is 0.552. The number of nitrogens with one attached hydrogen (secondary N) is 1. The van der Waals surface area contributed by atoms with Crippen LogP contribution in [0.3, 0.4) is 0 Å². The van der Waals surface area contributed by atoms with Gasteiger partial charge in [0.15, 0.2) is 0 Å². The zero-order valence-corrected chi connectivity index (χ0v) is 17.1. The lowest BCUT2D eigenvalue weighted by Crippen LogP contribution is -2.39. The van der Waals surface area contributed by atoms with E-state index in [1.165, 1.54) is 0 Å². The maximum Gasteiger partial charge on any atom is 0.408 e. The second kappa shape index (κ2) is 8.87. The molecule has 6 nitrogen and oxygen atoms in total. The van der Waals surface area contributed by atoms with Crippen LogP contribution < -0.4 is 5.32 Å². The average molecular weight is 384 g/mol. The van der Waals surface area contributed by atoms with E-state index in [0.29, 0.717) is 11.1 Å². The zero-order chi connectivity index (χ0) is 20.9. The van der Waals surface area contributed by atoms with Crippen LogP contribution in [0.1, 0.15) is 62.0 Å². The van der Waals surface area contributed by atoms with Crippen LogP contribution in [0.4, 0.5) is 4.79 Å². The smallest absolute Gasteiger partial charge is 0.408 e. The summed E-state index contributed by atoms with van der Waals surface area (Å²) in [5, 5.41) is 14.8. The minimum Gasteiger partial charge on any atom is -0.444 e. The van der Waals surface area contributed by atoms with Gasteiger partial charge in [-0.15, -0.1) is 0 Å². The van der Waals surface area contributed by atoms with Crippen LogP contribution in [0.25, 0.3) is 0 Å². The Hall–Kier alpha value is -2.89. The Labute approximate surface area is 166 Å². The number of rotatable bonds is 6. The molecule has 0 aliphatic heterocycles. The third kappa shape index (κ3) is 5.81. The molecule has 6 heteroatoms. The summed E-state index contributed by atoms with van der Waals surface area (Å²) in [6.07, 6.45) is 0.0871. The Kier molecular flexibility index (Phi) is 6.78. The van der Waals surface area contributed by atoms with Gasteiger partial charge in [-0.3, -0.25) is 10.1 Å². The Bertz CT molecular complexity index is 825. The number of hydrogen-bond donors (Lipinski definition) is 1. The molecule has 1 N–H and O–H groups in total. The Balaban J connectivity index is 2.48. The van der Waals surface area contributed by atoms with Gasteiger partial charge in [0.25, 0.3) is 6.04 Å². The highest BCUT2D eigenvalue weighted by Gasteiger charge is 2.37. The first kappa shape index (κ1) is 21.4. The number of benzene rings is 2. The van der Waals surface area contributed by atoms with Gasteiger partial charge in [0.2, 0.25) is 0 Å². The molecule has 0 radical (unpaired) electrons. The minimum absolute atomic E-state index is 0.351. The Morgan fingerprint density at radius 3 is 2.32 bits per heavy atom. The summed E-state index contributed by atoms with van der Waals surface area (Å²) in [6.45, 7) is 9.20. The molecule has 0 aromatic heterocycles. The Morgan fingerprint density at radius 2 is 1.79 bits per heavy atom. The van der Waals surface area contributed by atoms with Crippen LogP contribution in [-0.2, 0) is 11.2 Å². The van der Waals surface area contributed by atoms with Gasteiger partial charge < -0.3 is 10.1 Å². The number of carbonyl (C=O) groups excluding carboxylic acids is 1. The molecule has 0 spiro atoms. The van der Waals surface area contributed by atoms with E-state index in [2.05, 4.69) is 5.32 Å². The highest BCUT2D eigenvalue weighted by atomic mass is 16.6. The molecule has 0 heterocycles. The lowest BCUT2D eigenvalue weighted by atomic mass is 9.92. The topological polar surface area (TPSA) is 81.5 Å². The number of amides is 1. The van der Waals surface area contributed by atoms with E-state index in [4.69, 9.17) is 4.74 Å². The van der Waals surface area contributed by atoms with Crippen molar-refractivity contribution >= 4 is 6.09 Å². The molecule has 0 fully saturated rings. The molecule has 150 valence electrons. The van der Waals surface area contributed by atoms with Crippen molar-refractivity contribution in [2.45, 2.75) is 58.7 Å². The van der Waals surface area contributed by atoms with E-state index in [1.54, 1.807) is 39.0 Å². The number of ether oxygens (including phenoxy) is 1. The van der Waals surface area contributed by atoms with E-state index >= 15 is 0 Å². The molecule has 0 aliphatic rings. The van der Waals surface area contributed by atoms with Crippen molar-refractivity contribution in [2.75, 3.05) is 0 Å². The summed E-state index contributed by atoms with van der Waals surface area (Å²) >= 11 is 0. The number of aryl methyl sites for hydroxylation is 2. The minimum atomic E-state index is -1.14. The third-order valence-corrected chi connectivity index (χ3v) is 4.35. The predicted molar refractivity (Wildman–Crippen MR) is 109 cm³/mol. The summed E-state index contributed by atoms with van der Waals surface area (Å²) in [6, 6.07) is 12.6. The van der Waals surface area contributed by atoms with E-state index in [1.807, 2.05) is 44.2 Å². The molecule has 0 saturated carbocycles. The zero-order valence-electron chi connectivity index (χ0n) is 17.1. The number of nitro groups is 1. The monoisotopic (exact) mass is 384 g/mol. The fourth-order valence-corrected chi connectivity index (χ4v) is 2.99. The van der Waals surface area contributed by atoms with Crippen molar-refractivity contribution in [1.82, 2.24) is 5.32 Å². The lowest BCUT2D eigenvalue weighted by molar-refractivity contribution is -0.534. The van der Waals surface area contributed by atoms with Gasteiger partial charge in [0.1, 0.15) is 11.6 Å². The molecule has 0 saturated heterocycles. The predicted octanol–water partition coefficient (Wildman–Crippen LogP) is 5.14. The molecular formula is C22H28N2O4. The van der Waals surface area contributed by atoms with Crippen LogP contribution >= 0.6 is 0 Å². The van der Waals surface area contributed by atoms with Crippen molar-refractivity contribution in [3.8, 4) is 0 Å². The highest BCUT2D eigenvalue weighted by molar-refractivity contribution is 5.68. The van der Waals surface area contributed by atoms with Gasteiger partial charge in [-0.25, -0.2) is 4.79 Å². The van der Waals surface area contributed by atoms with Gasteiger partial charge in [-0.2, -0.15) is 0 Å². The van der Waals surface area contributed by atoms with Crippen LogP contribution in [0.5, 0.6) is 0 Å². The number of carbonyl (C=O) groups is 1. The molecule has 28 heavy (non-hydrogen) atoms. The second-order valence-electron chi connectivity index (χ2n) is 7.86. The summed E-state index contributed by atoms with van der Waals surface area (Å²) in [7, 11) is 0. The highest BCUT2D eigenvalue weighted by Crippen LogP contribution is 2.33. The molecule has 2 rings (SSSR count). The SMILES string of the molecule is CCc1cccc([C@@H]([C@H](NC(=O)OC(C)(C)C)c2ccc(C)cc2)[N+](=O)[O-])c1. The molecule has 1 amide bonds. The molecule has 2 atom stereocenters. The first-order valence-electron chi connectivity index (χ1n) is 9.39. The van der Waals surface area contributed by atoms with Crippen molar-refractivity contribution in [3.63, 3.8) is 0 Å². The number of hydrogen-bond acceptors (Lipinski definition) is 4. The Morgan fingerprint density at radius 1 is 1.14 bits per heavy atom. The maximum absolute atomic E-state index is 12.4. The molecular weight excluding hydrogens is 356 g/mol. The van der Waals surface area contributed by atoms with Gasteiger partial charge in [0.05, 0.1) is 0 Å². The van der Waals surface area contributed by atoms with E-state index < -0.39 is 23.8 Å². The van der Waals surface area contributed by atoms with E-state index in [9.17, 15) is 14.9 Å². The summed E-state index contributed by atoms with van der Waals surface area (Å²) in [5.41, 5.74) is 2.54. The molecule has 0 aliphatic carbocycles. The van der Waals surface area contributed by atoms with Crippen LogP contribution in [0.2, 0.25) is 0 Å².